The molecular formula is C18H15F3N2O3S. The molecule has 1 amide bonds. The quantitative estimate of drug-likeness (QED) is 0.655. The van der Waals surface area contributed by atoms with Crippen LogP contribution in [-0.4, -0.2) is 17.3 Å². The van der Waals surface area contributed by atoms with Crippen LogP contribution in [-0.2, 0) is 11.2 Å². The van der Waals surface area contributed by atoms with Crippen molar-refractivity contribution in [3.8, 4) is 16.5 Å². The maximum absolute atomic E-state index is 12.2. The molecule has 9 heteroatoms. The van der Waals surface area contributed by atoms with Gasteiger partial charge >= 0.3 is 6.36 Å². The van der Waals surface area contributed by atoms with Gasteiger partial charge in [-0.2, -0.15) is 0 Å². The molecule has 1 unspecified atom stereocenters. The molecule has 0 saturated heterocycles. The summed E-state index contributed by atoms with van der Waals surface area (Å²) in [5.41, 5.74) is 1.28. The highest BCUT2D eigenvalue weighted by Crippen LogP contribution is 2.25. The number of halogens is 3. The number of thiazole rings is 1. The molecule has 142 valence electrons. The zero-order chi connectivity index (χ0) is 19.4. The minimum absolute atomic E-state index is 0.0941. The van der Waals surface area contributed by atoms with Gasteiger partial charge in [-0.3, -0.25) is 4.79 Å². The number of aromatic nitrogens is 1. The van der Waals surface area contributed by atoms with Gasteiger partial charge in [0.15, 0.2) is 10.8 Å². The van der Waals surface area contributed by atoms with Crippen molar-refractivity contribution in [1.29, 1.82) is 0 Å². The fourth-order valence-corrected chi connectivity index (χ4v) is 3.19. The summed E-state index contributed by atoms with van der Waals surface area (Å²) in [5, 5.41) is 5.27. The SMILES string of the molecule is CC(NC(=O)Cc1csc(-c2ccco2)n1)c1ccc(OC(F)(F)F)cc1. The smallest absolute Gasteiger partial charge is 0.462 e. The van der Waals surface area contributed by atoms with Gasteiger partial charge in [0.2, 0.25) is 5.91 Å². The van der Waals surface area contributed by atoms with E-state index in [0.29, 0.717) is 22.0 Å². The van der Waals surface area contributed by atoms with Crippen LogP contribution in [0.3, 0.4) is 0 Å². The van der Waals surface area contributed by atoms with Crippen molar-refractivity contribution >= 4 is 17.2 Å². The van der Waals surface area contributed by atoms with E-state index in [0.717, 1.165) is 0 Å². The fraction of sp³-hybridized carbons (Fsp3) is 0.222. The van der Waals surface area contributed by atoms with Crippen LogP contribution in [0.4, 0.5) is 13.2 Å². The van der Waals surface area contributed by atoms with Crippen LogP contribution < -0.4 is 10.1 Å². The molecule has 0 aliphatic carbocycles. The number of hydrogen-bond acceptors (Lipinski definition) is 5. The minimum Gasteiger partial charge on any atom is -0.462 e. The zero-order valence-corrected chi connectivity index (χ0v) is 14.9. The van der Waals surface area contributed by atoms with Gasteiger partial charge in [0, 0.05) is 5.38 Å². The van der Waals surface area contributed by atoms with Crippen LogP contribution in [0.5, 0.6) is 5.75 Å². The van der Waals surface area contributed by atoms with Crippen LogP contribution in [0.25, 0.3) is 10.8 Å². The maximum atomic E-state index is 12.2. The molecule has 0 saturated carbocycles. The second-order valence-electron chi connectivity index (χ2n) is 5.70. The van der Waals surface area contributed by atoms with Gasteiger partial charge in [0.1, 0.15) is 5.75 Å². The van der Waals surface area contributed by atoms with Crippen molar-refractivity contribution in [3.05, 3.63) is 59.3 Å². The Morgan fingerprint density at radius 3 is 2.67 bits per heavy atom. The molecule has 1 N–H and O–H groups in total. The van der Waals surface area contributed by atoms with E-state index in [2.05, 4.69) is 15.0 Å². The van der Waals surface area contributed by atoms with Gasteiger partial charge in [0.25, 0.3) is 0 Å². The molecule has 3 aromatic rings. The summed E-state index contributed by atoms with van der Waals surface area (Å²) >= 11 is 1.38. The highest BCUT2D eigenvalue weighted by atomic mass is 32.1. The van der Waals surface area contributed by atoms with Crippen LogP contribution in [0.15, 0.2) is 52.5 Å². The maximum Gasteiger partial charge on any atom is 0.573 e. The number of amides is 1. The summed E-state index contributed by atoms with van der Waals surface area (Å²) in [5.74, 6) is 0.0910. The van der Waals surface area contributed by atoms with Gasteiger partial charge < -0.3 is 14.5 Å². The van der Waals surface area contributed by atoms with E-state index in [4.69, 9.17) is 4.42 Å². The molecule has 1 atom stereocenters. The molecular weight excluding hydrogens is 381 g/mol. The zero-order valence-electron chi connectivity index (χ0n) is 14.1. The lowest BCUT2D eigenvalue weighted by atomic mass is 10.1. The van der Waals surface area contributed by atoms with E-state index in [1.807, 2.05) is 0 Å². The van der Waals surface area contributed by atoms with Crippen LogP contribution in [0.2, 0.25) is 0 Å². The fourth-order valence-electron chi connectivity index (χ4n) is 2.40. The Hall–Kier alpha value is -2.81. The number of carbonyl (C=O) groups is 1. The van der Waals surface area contributed by atoms with Gasteiger partial charge in [-0.15, -0.1) is 24.5 Å². The number of benzene rings is 1. The van der Waals surface area contributed by atoms with Gasteiger partial charge in [-0.25, -0.2) is 4.98 Å². The van der Waals surface area contributed by atoms with E-state index < -0.39 is 6.36 Å². The summed E-state index contributed by atoms with van der Waals surface area (Å²) in [6.45, 7) is 1.74. The third kappa shape index (κ3) is 5.33. The number of furan rings is 1. The number of hydrogen-bond donors (Lipinski definition) is 1. The second kappa shape index (κ2) is 7.83. The summed E-state index contributed by atoms with van der Waals surface area (Å²) < 4.78 is 45.6. The number of alkyl halides is 3. The van der Waals surface area contributed by atoms with E-state index in [9.17, 15) is 18.0 Å². The molecule has 5 nitrogen and oxygen atoms in total. The number of carbonyl (C=O) groups excluding carboxylic acids is 1. The van der Waals surface area contributed by atoms with Crippen molar-refractivity contribution in [2.75, 3.05) is 0 Å². The van der Waals surface area contributed by atoms with Crippen molar-refractivity contribution < 1.29 is 27.1 Å². The van der Waals surface area contributed by atoms with Gasteiger partial charge in [-0.1, -0.05) is 12.1 Å². The highest BCUT2D eigenvalue weighted by Gasteiger charge is 2.31. The lowest BCUT2D eigenvalue weighted by molar-refractivity contribution is -0.274. The number of ether oxygens (including phenoxy) is 1. The molecule has 0 aliphatic rings. The van der Waals surface area contributed by atoms with Gasteiger partial charge in [-0.05, 0) is 36.8 Å². The summed E-state index contributed by atoms with van der Waals surface area (Å²) in [7, 11) is 0. The largest absolute Gasteiger partial charge is 0.573 e. The Balaban J connectivity index is 1.56. The summed E-state index contributed by atoms with van der Waals surface area (Å²) in [4.78, 5) is 16.6. The van der Waals surface area contributed by atoms with Crippen LogP contribution in [0, 0.1) is 0 Å². The minimum atomic E-state index is -4.73. The Bertz CT molecular complexity index is 889. The summed E-state index contributed by atoms with van der Waals surface area (Å²) in [6, 6.07) is 8.55. The molecule has 3 rings (SSSR count). The van der Waals surface area contributed by atoms with E-state index in [1.165, 1.54) is 35.6 Å². The highest BCUT2D eigenvalue weighted by molar-refractivity contribution is 7.13. The third-order valence-electron chi connectivity index (χ3n) is 3.62. The first-order chi connectivity index (χ1) is 12.8. The molecule has 1 aromatic carbocycles. The Labute approximate surface area is 156 Å². The molecule has 2 heterocycles. The number of rotatable bonds is 6. The van der Waals surface area contributed by atoms with Crippen molar-refractivity contribution in [3.63, 3.8) is 0 Å². The van der Waals surface area contributed by atoms with Crippen molar-refractivity contribution in [2.45, 2.75) is 25.7 Å². The Kier molecular flexibility index (Phi) is 5.50. The molecule has 0 spiro atoms. The van der Waals surface area contributed by atoms with E-state index in [1.54, 1.807) is 30.7 Å². The lowest BCUT2D eigenvalue weighted by Crippen LogP contribution is -2.28. The average molecular weight is 396 g/mol. The molecule has 0 fully saturated rings. The monoisotopic (exact) mass is 396 g/mol. The predicted molar refractivity (Wildman–Crippen MR) is 93.2 cm³/mol. The standard InChI is InChI=1S/C18H15F3N2O3S/c1-11(12-4-6-14(7-5-12)26-18(19,20)21)22-16(24)9-13-10-27-17(23-13)15-3-2-8-25-15/h2-8,10-11H,9H2,1H3,(H,22,24). The summed E-state index contributed by atoms with van der Waals surface area (Å²) in [6.07, 6.45) is -3.09. The normalized spacial score (nSPS) is 12.6. The van der Waals surface area contributed by atoms with Crippen LogP contribution in [0.1, 0.15) is 24.2 Å². The number of nitrogens with one attached hydrogen (secondary N) is 1. The molecule has 2 aromatic heterocycles. The first-order valence-electron chi connectivity index (χ1n) is 7.93. The molecule has 0 bridgehead atoms. The Morgan fingerprint density at radius 1 is 1.30 bits per heavy atom. The van der Waals surface area contributed by atoms with E-state index >= 15 is 0 Å². The molecule has 27 heavy (non-hydrogen) atoms. The lowest BCUT2D eigenvalue weighted by Gasteiger charge is -2.15. The second-order valence-corrected chi connectivity index (χ2v) is 6.56. The Morgan fingerprint density at radius 2 is 2.04 bits per heavy atom. The van der Waals surface area contributed by atoms with Crippen molar-refractivity contribution in [1.82, 2.24) is 10.3 Å². The van der Waals surface area contributed by atoms with Crippen LogP contribution >= 0.6 is 11.3 Å². The van der Waals surface area contributed by atoms with Crippen molar-refractivity contribution in [2.24, 2.45) is 0 Å². The topological polar surface area (TPSA) is 64.4 Å². The molecule has 0 aliphatic heterocycles. The van der Waals surface area contributed by atoms with Gasteiger partial charge in [0.05, 0.1) is 24.4 Å². The third-order valence-corrected chi connectivity index (χ3v) is 4.52. The predicted octanol–water partition coefficient (Wildman–Crippen LogP) is 4.72. The molecule has 0 radical (unpaired) electrons. The van der Waals surface area contributed by atoms with E-state index in [-0.39, 0.29) is 24.1 Å². The first kappa shape index (κ1) is 19.0. The first-order valence-corrected chi connectivity index (χ1v) is 8.81. The average Bonchev–Trinajstić information content (AvgIpc) is 3.25. The number of nitrogens with zero attached hydrogens (tertiary/aromatic N) is 1.